The quantitative estimate of drug-likeness (QED) is 0.0298. The molecule has 2 amide bonds. The number of hydrogen-bond donors (Lipinski definition) is 3. The smallest absolute Gasteiger partial charge is 0.232 e. The van der Waals surface area contributed by atoms with Gasteiger partial charge in [-0.2, -0.15) is 0 Å². The van der Waals surface area contributed by atoms with Gasteiger partial charge in [-0.05, 0) is 73.6 Å². The van der Waals surface area contributed by atoms with Crippen molar-refractivity contribution in [2.75, 3.05) is 66.6 Å². The number of nitrogens with two attached hydrogens (primary N) is 1. The van der Waals surface area contributed by atoms with Crippen molar-refractivity contribution in [2.24, 2.45) is 33.9 Å². The molecule has 0 saturated heterocycles. The molecule has 0 saturated carbocycles. The molecule has 430 valence electrons. The molecule has 2 aromatic carbocycles. The maximum Gasteiger partial charge on any atom is 0.232 e. The van der Waals surface area contributed by atoms with Gasteiger partial charge in [-0.15, -0.1) is 10.2 Å². The minimum atomic E-state index is -0.210. The van der Waals surface area contributed by atoms with Crippen LogP contribution < -0.4 is 35.6 Å². The van der Waals surface area contributed by atoms with Gasteiger partial charge in [-0.3, -0.25) is 19.2 Å². The zero-order chi connectivity index (χ0) is 57.3. The van der Waals surface area contributed by atoms with E-state index in [4.69, 9.17) is 38.4 Å². The topological polar surface area (TPSA) is 194 Å². The summed E-state index contributed by atoms with van der Waals surface area (Å²) < 4.78 is 11.6. The van der Waals surface area contributed by atoms with Crippen LogP contribution in [0.15, 0.2) is 40.6 Å². The summed E-state index contributed by atoms with van der Waals surface area (Å²) in [6.07, 6.45) is 20.6. The van der Waals surface area contributed by atoms with Crippen molar-refractivity contribution in [2.45, 2.75) is 172 Å². The van der Waals surface area contributed by atoms with E-state index in [9.17, 15) is 19.2 Å². The van der Waals surface area contributed by atoms with E-state index in [1.165, 1.54) is 96.8 Å². The lowest BCUT2D eigenvalue weighted by molar-refractivity contribution is -0.115. The number of anilines is 5. The lowest BCUT2D eigenvalue weighted by Crippen LogP contribution is -2.34. The summed E-state index contributed by atoms with van der Waals surface area (Å²) >= 11 is 13.5. The van der Waals surface area contributed by atoms with Crippen LogP contribution in [0.25, 0.3) is 0 Å². The van der Waals surface area contributed by atoms with Crippen LogP contribution in [0.4, 0.5) is 38.7 Å². The summed E-state index contributed by atoms with van der Waals surface area (Å²) in [6, 6.07) is 9.73. The van der Waals surface area contributed by atoms with E-state index in [0.29, 0.717) is 68.3 Å². The highest BCUT2D eigenvalue weighted by Gasteiger charge is 2.24. The van der Waals surface area contributed by atoms with Crippen molar-refractivity contribution in [1.29, 1.82) is 0 Å². The molecule has 4 N–H and O–H groups in total. The lowest BCUT2D eigenvalue weighted by Gasteiger charge is -2.34. The molecular weight excluding hydrogens is 1050 g/mol. The second kappa shape index (κ2) is 38.7. The van der Waals surface area contributed by atoms with E-state index in [2.05, 4.69) is 102 Å². The summed E-state index contributed by atoms with van der Waals surface area (Å²) in [5, 5.41) is 15.2. The molecule has 4 rings (SSSR count). The molecule has 0 aliphatic heterocycles. The highest BCUT2D eigenvalue weighted by molar-refractivity contribution is 7.17. The maximum atomic E-state index is 12.2. The van der Waals surface area contributed by atoms with E-state index in [-0.39, 0.29) is 27.3 Å². The first kappa shape index (κ1) is 68.3. The number of hydrogen-bond acceptors (Lipinski definition) is 15. The molecule has 15 nitrogen and oxygen atoms in total. The van der Waals surface area contributed by atoms with Crippen molar-refractivity contribution in [1.82, 2.24) is 9.97 Å². The van der Waals surface area contributed by atoms with Gasteiger partial charge in [0.25, 0.3) is 0 Å². The van der Waals surface area contributed by atoms with E-state index < -0.39 is 0 Å². The number of unbranched alkanes of at least 4 members (excludes halogenated alkanes) is 4. The number of aromatic nitrogens is 2. The van der Waals surface area contributed by atoms with Crippen LogP contribution in [0.5, 0.6) is 11.5 Å². The maximum absolute atomic E-state index is 12.2. The third-order valence-corrected chi connectivity index (χ3v) is 16.0. The van der Waals surface area contributed by atoms with Crippen LogP contribution in [0.1, 0.15) is 191 Å². The normalized spacial score (nSPS) is 12.5. The second-order valence-corrected chi connectivity index (χ2v) is 22.3. The van der Waals surface area contributed by atoms with E-state index in [0.717, 1.165) is 84.5 Å². The van der Waals surface area contributed by atoms with Crippen LogP contribution in [-0.4, -0.2) is 74.8 Å². The summed E-state index contributed by atoms with van der Waals surface area (Å²) in [5.74, 6) is 3.76. The molecule has 4 unspecified atom stereocenters. The standard InChI is InChI=1S/C29H44ClN5O3S.C25H44N2O2.C4H3ClN2OS/c1-7-11-13-21(9-3)17-35(18-22(10-4)14-12-8-2)25-15-23(31-20(5)37)24(16-26(25)38-6)33-34-29-32-28(30)27(19-36)39-29;1-7-11-13-21(9-3)18-27(19-22(10-4)14-12-8-2)24-17-23(26-20(5)28)15-16-25(24)29-6;5-3-2(1-8)9-4(6)7-3/h15-16,19,21-22H,7-14,17-18H2,1-6H3,(H,31,37);15-17,21-22H,7-14,18-19H2,1-6H3,(H,26,28);1H,(H2,6,7). The number of carbonyl (C=O) groups excluding carboxylic acids is 4. The van der Waals surface area contributed by atoms with Crippen molar-refractivity contribution in [3.05, 3.63) is 50.4 Å². The van der Waals surface area contributed by atoms with Crippen LogP contribution in [-0.2, 0) is 9.59 Å². The van der Waals surface area contributed by atoms with Gasteiger partial charge in [0.05, 0.1) is 31.3 Å². The highest BCUT2D eigenvalue weighted by atomic mass is 35.5. The largest absolute Gasteiger partial charge is 0.495 e. The van der Waals surface area contributed by atoms with Crippen molar-refractivity contribution < 1.29 is 28.7 Å². The Bertz CT molecular complexity index is 2350. The number of methoxy groups -OCH3 is 2. The fourth-order valence-electron chi connectivity index (χ4n) is 8.93. The number of azo groups is 1. The first-order valence-corrected chi connectivity index (χ1v) is 30.3. The number of nitrogen functional groups attached to an aromatic ring is 1. The SMILES string of the molecule is CCCCC(CC)CN(CC(CC)CCCC)c1cc(NC(C)=O)c(N=Nc2nc(Cl)c(C=O)s2)cc1OC.CCCCC(CC)CN(CC(CC)CCCC)c1cc(NC(C)=O)ccc1OC.Nc1nc(Cl)c(C=O)s1. The number of nitrogens with one attached hydrogen (secondary N) is 2. The van der Waals surface area contributed by atoms with Gasteiger partial charge in [-0.25, -0.2) is 9.97 Å². The molecule has 0 bridgehead atoms. The molecule has 4 aromatic rings. The van der Waals surface area contributed by atoms with Gasteiger partial charge in [0.2, 0.25) is 16.9 Å². The summed E-state index contributed by atoms with van der Waals surface area (Å²) in [4.78, 5) is 58.3. The number of amides is 2. The predicted molar refractivity (Wildman–Crippen MR) is 326 cm³/mol. The Balaban J connectivity index is 0.000000465. The number of carbonyl (C=O) groups is 4. The number of aldehydes is 2. The Morgan fingerprint density at radius 3 is 1.40 bits per heavy atom. The van der Waals surface area contributed by atoms with Crippen LogP contribution in [0, 0.1) is 23.7 Å². The van der Waals surface area contributed by atoms with Crippen LogP contribution >= 0.6 is 45.9 Å². The number of nitrogens with zero attached hydrogens (tertiary/aromatic N) is 6. The molecule has 4 atom stereocenters. The molecule has 0 radical (unpaired) electrons. The Labute approximate surface area is 479 Å². The van der Waals surface area contributed by atoms with E-state index >= 15 is 0 Å². The molecule has 19 heteroatoms. The minimum Gasteiger partial charge on any atom is -0.495 e. The van der Waals surface area contributed by atoms with Gasteiger partial charge < -0.3 is 35.6 Å². The predicted octanol–water partition coefficient (Wildman–Crippen LogP) is 17.3. The van der Waals surface area contributed by atoms with Crippen molar-refractivity contribution in [3.63, 3.8) is 0 Å². The second-order valence-electron chi connectivity index (χ2n) is 19.6. The minimum absolute atomic E-state index is 0.0450. The lowest BCUT2D eigenvalue weighted by atomic mass is 9.95. The number of thiazole rings is 2. The molecule has 2 heterocycles. The number of rotatable bonds is 34. The monoisotopic (exact) mass is 1140 g/mol. The average Bonchev–Trinajstić information content (AvgIpc) is 3.96. The summed E-state index contributed by atoms with van der Waals surface area (Å²) in [6.45, 7) is 25.1. The third-order valence-electron chi connectivity index (χ3n) is 13.6. The Morgan fingerprint density at radius 2 is 1.05 bits per heavy atom. The van der Waals surface area contributed by atoms with E-state index in [1.54, 1.807) is 27.2 Å². The van der Waals surface area contributed by atoms with E-state index in [1.807, 2.05) is 18.2 Å². The molecule has 77 heavy (non-hydrogen) atoms. The zero-order valence-electron chi connectivity index (χ0n) is 48.3. The number of ether oxygens (including phenoxy) is 2. The number of benzene rings is 2. The average molecular weight is 1150 g/mol. The fraction of sp³-hybridized carbons (Fsp3) is 0.621. The zero-order valence-corrected chi connectivity index (χ0v) is 51.4. The molecular formula is C58H91Cl2N9O6S2. The summed E-state index contributed by atoms with van der Waals surface area (Å²) in [5.41, 5.74) is 9.06. The first-order chi connectivity index (χ1) is 37.0. The van der Waals surface area contributed by atoms with Crippen LogP contribution in [0.3, 0.4) is 0 Å². The van der Waals surface area contributed by atoms with Gasteiger partial charge in [0.15, 0.2) is 28.0 Å². The van der Waals surface area contributed by atoms with Crippen LogP contribution in [0.2, 0.25) is 10.3 Å². The Hall–Kier alpha value is -4.84. The van der Waals surface area contributed by atoms with Crippen molar-refractivity contribution >= 4 is 109 Å². The highest BCUT2D eigenvalue weighted by Crippen LogP contribution is 2.42. The van der Waals surface area contributed by atoms with Gasteiger partial charge in [0.1, 0.15) is 26.9 Å². The molecule has 0 spiro atoms. The molecule has 0 aliphatic carbocycles. The summed E-state index contributed by atoms with van der Waals surface area (Å²) in [7, 11) is 3.38. The van der Waals surface area contributed by atoms with Gasteiger partial charge >= 0.3 is 0 Å². The number of halogens is 2. The molecule has 0 aliphatic rings. The third kappa shape index (κ3) is 24.8. The molecule has 0 fully saturated rings. The van der Waals surface area contributed by atoms with Crippen molar-refractivity contribution in [3.8, 4) is 11.5 Å². The molecule has 2 aromatic heterocycles. The van der Waals surface area contributed by atoms with Gasteiger partial charge in [-0.1, -0.05) is 178 Å². The Kier molecular flexibility index (Phi) is 34.3. The fourth-order valence-corrected chi connectivity index (χ4v) is 10.7. The van der Waals surface area contributed by atoms with Gasteiger partial charge in [0, 0.05) is 51.8 Å². The Morgan fingerprint density at radius 1 is 0.623 bits per heavy atom. The first-order valence-electron chi connectivity index (χ1n) is 27.9.